The topological polar surface area (TPSA) is 72.3 Å². The first-order chi connectivity index (χ1) is 8.49. The largest absolute Gasteiger partial charge is 0.398 e. The van der Waals surface area contributed by atoms with Gasteiger partial charge in [0.05, 0.1) is 0 Å². The van der Waals surface area contributed by atoms with Crippen LogP contribution in [-0.4, -0.2) is 23.9 Å². The Labute approximate surface area is 108 Å². The minimum atomic E-state index is -0.437. The second-order valence-electron chi connectivity index (χ2n) is 5.27. The van der Waals surface area contributed by atoms with Crippen molar-refractivity contribution in [1.82, 2.24) is 4.90 Å². The van der Waals surface area contributed by atoms with Gasteiger partial charge in [-0.3, -0.25) is 9.69 Å². The first-order valence-electron chi connectivity index (χ1n) is 6.37. The first-order valence-corrected chi connectivity index (χ1v) is 6.37. The Bertz CT molecular complexity index is 454. The van der Waals surface area contributed by atoms with Gasteiger partial charge in [-0.05, 0) is 50.4 Å². The zero-order valence-electron chi connectivity index (χ0n) is 11.0. The van der Waals surface area contributed by atoms with Crippen LogP contribution in [-0.2, 0) is 6.54 Å². The minimum absolute atomic E-state index is 0.437. The summed E-state index contributed by atoms with van der Waals surface area (Å²) in [4.78, 5) is 13.4. The van der Waals surface area contributed by atoms with Gasteiger partial charge in [-0.2, -0.15) is 0 Å². The molecule has 2 rings (SSSR count). The third kappa shape index (κ3) is 2.82. The summed E-state index contributed by atoms with van der Waals surface area (Å²) in [5.74, 6) is 0.397. The molecule has 0 saturated heterocycles. The van der Waals surface area contributed by atoms with Crippen molar-refractivity contribution in [3.05, 3.63) is 29.3 Å². The molecule has 0 aromatic heterocycles. The second kappa shape index (κ2) is 4.98. The van der Waals surface area contributed by atoms with Crippen LogP contribution in [0.2, 0.25) is 0 Å². The van der Waals surface area contributed by atoms with Gasteiger partial charge in [0.1, 0.15) is 0 Å². The predicted octanol–water partition coefficient (Wildman–Crippen LogP) is 1.60. The number of nitrogen functional groups attached to an aromatic ring is 1. The third-order valence-corrected chi connectivity index (χ3v) is 3.85. The van der Waals surface area contributed by atoms with Crippen LogP contribution in [0.5, 0.6) is 0 Å². The van der Waals surface area contributed by atoms with Crippen molar-refractivity contribution in [3.63, 3.8) is 0 Å². The smallest absolute Gasteiger partial charge is 0.248 e. The molecular weight excluding hydrogens is 226 g/mol. The van der Waals surface area contributed by atoms with E-state index in [1.54, 1.807) is 12.1 Å². The predicted molar refractivity (Wildman–Crippen MR) is 73.0 cm³/mol. The Morgan fingerprint density at radius 2 is 2.17 bits per heavy atom. The molecule has 18 heavy (non-hydrogen) atoms. The number of hydrogen-bond acceptors (Lipinski definition) is 3. The van der Waals surface area contributed by atoms with Crippen LogP contribution in [0.3, 0.4) is 0 Å². The van der Waals surface area contributed by atoms with E-state index in [-0.39, 0.29) is 0 Å². The molecular formula is C14H21N3O. The Balaban J connectivity index is 2.06. The fourth-order valence-electron chi connectivity index (χ4n) is 2.24. The number of benzene rings is 1. The maximum atomic E-state index is 11.0. The quantitative estimate of drug-likeness (QED) is 0.776. The summed E-state index contributed by atoms with van der Waals surface area (Å²) in [6.45, 7) is 3.06. The summed E-state index contributed by atoms with van der Waals surface area (Å²) < 4.78 is 0. The van der Waals surface area contributed by atoms with Gasteiger partial charge in [-0.25, -0.2) is 0 Å². The van der Waals surface area contributed by atoms with Crippen LogP contribution < -0.4 is 11.5 Å². The highest BCUT2D eigenvalue weighted by Crippen LogP contribution is 2.35. The maximum Gasteiger partial charge on any atom is 0.248 e. The van der Waals surface area contributed by atoms with Crippen molar-refractivity contribution in [3.8, 4) is 0 Å². The molecule has 4 nitrogen and oxygen atoms in total. The van der Waals surface area contributed by atoms with Gasteiger partial charge < -0.3 is 11.5 Å². The molecule has 1 saturated carbocycles. The summed E-state index contributed by atoms with van der Waals surface area (Å²) in [5, 5.41) is 0. The van der Waals surface area contributed by atoms with Crippen LogP contribution in [0.15, 0.2) is 18.2 Å². The standard InChI is InChI=1S/C14H21N3O/c1-9(10-3-4-10)17(2)8-12-6-5-11(14(16)18)7-13(12)15/h5-7,9-10H,3-4,8,15H2,1-2H3,(H2,16,18). The van der Waals surface area contributed by atoms with Crippen LogP contribution in [0.1, 0.15) is 35.7 Å². The van der Waals surface area contributed by atoms with Gasteiger partial charge in [0.15, 0.2) is 0 Å². The van der Waals surface area contributed by atoms with E-state index < -0.39 is 5.91 Å². The lowest BCUT2D eigenvalue weighted by Gasteiger charge is -2.25. The summed E-state index contributed by atoms with van der Waals surface area (Å²) in [7, 11) is 2.12. The molecule has 0 aliphatic heterocycles. The van der Waals surface area contributed by atoms with Crippen LogP contribution in [0.25, 0.3) is 0 Å². The fourth-order valence-corrected chi connectivity index (χ4v) is 2.24. The molecule has 98 valence electrons. The number of hydrogen-bond donors (Lipinski definition) is 2. The average Bonchev–Trinajstić information content (AvgIpc) is 3.14. The van der Waals surface area contributed by atoms with Gasteiger partial charge >= 0.3 is 0 Å². The summed E-state index contributed by atoms with van der Waals surface area (Å²) >= 11 is 0. The number of nitrogens with zero attached hydrogens (tertiary/aromatic N) is 1. The number of anilines is 1. The second-order valence-corrected chi connectivity index (χ2v) is 5.27. The van der Waals surface area contributed by atoms with Gasteiger partial charge in [0.2, 0.25) is 5.91 Å². The number of amides is 1. The van der Waals surface area contributed by atoms with Crippen molar-refractivity contribution >= 4 is 11.6 Å². The molecule has 1 aliphatic rings. The van der Waals surface area contributed by atoms with Crippen molar-refractivity contribution in [1.29, 1.82) is 0 Å². The molecule has 0 radical (unpaired) electrons. The summed E-state index contributed by atoms with van der Waals surface area (Å²) in [5.41, 5.74) is 13.3. The maximum absolute atomic E-state index is 11.0. The van der Waals surface area contributed by atoms with Crippen molar-refractivity contribution in [2.75, 3.05) is 12.8 Å². The Kier molecular flexibility index (Phi) is 3.57. The van der Waals surface area contributed by atoms with Gasteiger partial charge in [0, 0.05) is 23.8 Å². The minimum Gasteiger partial charge on any atom is -0.398 e. The molecule has 1 aromatic carbocycles. The van der Waals surface area contributed by atoms with Crippen molar-refractivity contribution in [2.45, 2.75) is 32.4 Å². The molecule has 1 amide bonds. The molecule has 1 unspecified atom stereocenters. The van der Waals surface area contributed by atoms with Crippen LogP contribution in [0.4, 0.5) is 5.69 Å². The molecule has 4 N–H and O–H groups in total. The number of rotatable bonds is 5. The fraction of sp³-hybridized carbons (Fsp3) is 0.500. The highest BCUT2D eigenvalue weighted by Gasteiger charge is 2.30. The molecule has 1 atom stereocenters. The molecule has 1 aromatic rings. The van der Waals surface area contributed by atoms with Gasteiger partial charge in [0.25, 0.3) is 0 Å². The van der Waals surface area contributed by atoms with Crippen LogP contribution in [0, 0.1) is 5.92 Å². The average molecular weight is 247 g/mol. The number of nitrogens with two attached hydrogens (primary N) is 2. The molecule has 1 aliphatic carbocycles. The highest BCUT2D eigenvalue weighted by molar-refractivity contribution is 5.93. The first kappa shape index (κ1) is 12.9. The monoisotopic (exact) mass is 247 g/mol. The SMILES string of the molecule is CC(C1CC1)N(C)Cc1ccc(C(N)=O)cc1N. The Hall–Kier alpha value is -1.55. The van der Waals surface area contributed by atoms with Gasteiger partial charge in [-0.15, -0.1) is 0 Å². The van der Waals surface area contributed by atoms with Crippen molar-refractivity contribution < 1.29 is 4.79 Å². The zero-order chi connectivity index (χ0) is 13.3. The lowest BCUT2D eigenvalue weighted by Crippen LogP contribution is -2.30. The number of carbonyl (C=O) groups is 1. The molecule has 0 spiro atoms. The van der Waals surface area contributed by atoms with E-state index in [2.05, 4.69) is 18.9 Å². The van der Waals surface area contributed by atoms with E-state index >= 15 is 0 Å². The Morgan fingerprint density at radius 3 is 2.67 bits per heavy atom. The molecule has 1 fully saturated rings. The van der Waals surface area contributed by atoms with Gasteiger partial charge in [-0.1, -0.05) is 6.07 Å². The lowest BCUT2D eigenvalue weighted by atomic mass is 10.1. The molecule has 0 heterocycles. The molecule has 4 heteroatoms. The van der Waals surface area contributed by atoms with Crippen molar-refractivity contribution in [2.24, 2.45) is 11.7 Å². The summed E-state index contributed by atoms with van der Waals surface area (Å²) in [6.07, 6.45) is 2.67. The highest BCUT2D eigenvalue weighted by atomic mass is 16.1. The normalized spacial score (nSPS) is 16.8. The summed E-state index contributed by atoms with van der Waals surface area (Å²) in [6, 6.07) is 5.88. The van der Waals surface area contributed by atoms with E-state index in [1.807, 2.05) is 6.07 Å². The van der Waals surface area contributed by atoms with E-state index in [9.17, 15) is 4.79 Å². The number of primary amides is 1. The Morgan fingerprint density at radius 1 is 1.50 bits per heavy atom. The molecule has 0 bridgehead atoms. The number of carbonyl (C=O) groups excluding carboxylic acids is 1. The van der Waals surface area contributed by atoms with Crippen LogP contribution >= 0.6 is 0 Å². The third-order valence-electron chi connectivity index (χ3n) is 3.85. The van der Waals surface area contributed by atoms with E-state index in [1.165, 1.54) is 12.8 Å². The van der Waals surface area contributed by atoms with E-state index in [0.29, 0.717) is 17.3 Å². The van der Waals surface area contributed by atoms with E-state index in [4.69, 9.17) is 11.5 Å². The lowest BCUT2D eigenvalue weighted by molar-refractivity contribution is 0.100. The van der Waals surface area contributed by atoms with E-state index in [0.717, 1.165) is 18.0 Å². The zero-order valence-corrected chi connectivity index (χ0v) is 11.0.